The van der Waals surface area contributed by atoms with Crippen LogP contribution in [-0.2, 0) is 4.74 Å². The second-order valence-electron chi connectivity index (χ2n) is 1.81. The molecule has 1 aliphatic heterocycles. The minimum atomic E-state index is 0.526. The van der Waals surface area contributed by atoms with Gasteiger partial charge in [0, 0.05) is 6.54 Å². The van der Waals surface area contributed by atoms with Crippen LogP contribution >= 0.6 is 0 Å². The number of hydrogen-bond donors (Lipinski definition) is 2. The summed E-state index contributed by atoms with van der Waals surface area (Å²) in [5.41, 5.74) is 5.39. The molecule has 0 saturated heterocycles. The third-order valence-electron chi connectivity index (χ3n) is 1.07. The molecule has 0 radical (unpaired) electrons. The van der Waals surface area contributed by atoms with Crippen LogP contribution in [0, 0.1) is 0 Å². The molecule has 0 unspecified atom stereocenters. The van der Waals surface area contributed by atoms with E-state index in [0.29, 0.717) is 19.1 Å². The van der Waals surface area contributed by atoms with Crippen molar-refractivity contribution in [2.45, 2.75) is 0 Å². The first-order chi connectivity index (χ1) is 4.39. The molecule has 0 bridgehead atoms. The fraction of sp³-hybridized carbons (Fsp3) is 0.800. The molecule has 1 rings (SSSR count). The van der Waals surface area contributed by atoms with Crippen molar-refractivity contribution in [1.29, 1.82) is 0 Å². The molecular formula is C5H11N3O. The van der Waals surface area contributed by atoms with Gasteiger partial charge in [0.25, 0.3) is 0 Å². The second-order valence-corrected chi connectivity index (χ2v) is 1.81. The summed E-state index contributed by atoms with van der Waals surface area (Å²) in [6, 6.07) is 0. The van der Waals surface area contributed by atoms with Gasteiger partial charge in [-0.25, -0.2) is 0 Å². The van der Waals surface area contributed by atoms with Gasteiger partial charge < -0.3 is 15.8 Å². The minimum Gasteiger partial charge on any atom is -0.378 e. The lowest BCUT2D eigenvalue weighted by molar-refractivity contribution is 0.144. The second kappa shape index (κ2) is 3.29. The average Bonchev–Trinajstić information content (AvgIpc) is 1.79. The van der Waals surface area contributed by atoms with Gasteiger partial charge in [-0.2, -0.15) is 0 Å². The Morgan fingerprint density at radius 2 is 2.44 bits per heavy atom. The largest absolute Gasteiger partial charge is 0.378 e. The lowest BCUT2D eigenvalue weighted by Gasteiger charge is -2.09. The van der Waals surface area contributed by atoms with Crippen molar-refractivity contribution in [1.82, 2.24) is 5.32 Å². The van der Waals surface area contributed by atoms with E-state index in [9.17, 15) is 0 Å². The molecule has 0 fully saturated rings. The van der Waals surface area contributed by atoms with Crippen molar-refractivity contribution in [3.8, 4) is 0 Å². The third kappa shape index (κ3) is 2.32. The van der Waals surface area contributed by atoms with Crippen LogP contribution in [0.25, 0.3) is 0 Å². The molecule has 0 aromatic heterocycles. The van der Waals surface area contributed by atoms with Gasteiger partial charge in [-0.05, 0) is 0 Å². The maximum Gasteiger partial charge on any atom is 0.188 e. The van der Waals surface area contributed by atoms with Gasteiger partial charge in [-0.15, -0.1) is 0 Å². The lowest BCUT2D eigenvalue weighted by Crippen LogP contribution is -2.36. The Hall–Kier alpha value is -0.770. The number of guanidine groups is 1. The molecule has 0 amide bonds. The van der Waals surface area contributed by atoms with Gasteiger partial charge in [0.15, 0.2) is 5.96 Å². The maximum atomic E-state index is 5.39. The van der Waals surface area contributed by atoms with E-state index in [4.69, 9.17) is 10.5 Å². The molecule has 0 aromatic rings. The van der Waals surface area contributed by atoms with E-state index in [-0.39, 0.29) is 0 Å². The highest BCUT2D eigenvalue weighted by Crippen LogP contribution is 1.79. The summed E-state index contributed by atoms with van der Waals surface area (Å²) < 4.78 is 5.10. The summed E-state index contributed by atoms with van der Waals surface area (Å²) >= 11 is 0. The molecule has 0 atom stereocenters. The van der Waals surface area contributed by atoms with Crippen molar-refractivity contribution in [2.24, 2.45) is 10.7 Å². The van der Waals surface area contributed by atoms with Gasteiger partial charge >= 0.3 is 0 Å². The van der Waals surface area contributed by atoms with E-state index >= 15 is 0 Å². The number of ether oxygens (including phenoxy) is 1. The fourth-order valence-corrected chi connectivity index (χ4v) is 0.640. The molecule has 52 valence electrons. The van der Waals surface area contributed by atoms with Gasteiger partial charge in [0.2, 0.25) is 0 Å². The highest BCUT2D eigenvalue weighted by Gasteiger charge is 1.94. The Kier molecular flexibility index (Phi) is 2.32. The maximum absolute atomic E-state index is 5.39. The highest BCUT2D eigenvalue weighted by atomic mass is 16.5. The molecule has 1 aliphatic rings. The Morgan fingerprint density at radius 3 is 3.33 bits per heavy atom. The summed E-state index contributed by atoms with van der Waals surface area (Å²) in [7, 11) is 0. The van der Waals surface area contributed by atoms with Crippen LogP contribution in [0.1, 0.15) is 0 Å². The van der Waals surface area contributed by atoms with Crippen LogP contribution in [-0.4, -0.2) is 32.3 Å². The third-order valence-corrected chi connectivity index (χ3v) is 1.07. The van der Waals surface area contributed by atoms with Gasteiger partial charge in [0.1, 0.15) is 0 Å². The van der Waals surface area contributed by atoms with Crippen LogP contribution < -0.4 is 11.1 Å². The summed E-state index contributed by atoms with van der Waals surface area (Å²) in [4.78, 5) is 3.94. The van der Waals surface area contributed by atoms with E-state index < -0.39 is 0 Å². The quantitative estimate of drug-likeness (QED) is 0.437. The topological polar surface area (TPSA) is 59.6 Å². The van der Waals surface area contributed by atoms with E-state index in [1.54, 1.807) is 0 Å². The van der Waals surface area contributed by atoms with Crippen LogP contribution in [0.5, 0.6) is 0 Å². The Morgan fingerprint density at radius 1 is 1.56 bits per heavy atom. The van der Waals surface area contributed by atoms with Crippen molar-refractivity contribution >= 4 is 5.96 Å². The molecule has 0 spiro atoms. The molecule has 4 nitrogen and oxygen atoms in total. The molecule has 4 heteroatoms. The number of nitrogens with two attached hydrogens (primary N) is 1. The monoisotopic (exact) mass is 129 g/mol. The van der Waals surface area contributed by atoms with E-state index in [1.807, 2.05) is 0 Å². The van der Waals surface area contributed by atoms with Crippen LogP contribution in [0.3, 0.4) is 0 Å². The zero-order valence-electron chi connectivity index (χ0n) is 5.26. The predicted molar refractivity (Wildman–Crippen MR) is 35.3 cm³/mol. The summed E-state index contributed by atoms with van der Waals surface area (Å²) in [6.07, 6.45) is 0. The number of aliphatic imine (C=N–C) groups is 1. The van der Waals surface area contributed by atoms with E-state index in [2.05, 4.69) is 10.3 Å². The van der Waals surface area contributed by atoms with Gasteiger partial charge in [-0.1, -0.05) is 0 Å². The molecule has 9 heavy (non-hydrogen) atoms. The number of rotatable bonds is 0. The number of hydrogen-bond acceptors (Lipinski definition) is 4. The zero-order valence-corrected chi connectivity index (χ0v) is 5.26. The SMILES string of the molecule is NC1=NCCOCCN1. The van der Waals surface area contributed by atoms with Crippen LogP contribution in [0.4, 0.5) is 0 Å². The Balaban J connectivity index is 2.32. The van der Waals surface area contributed by atoms with Crippen molar-refractivity contribution in [2.75, 3.05) is 26.3 Å². The van der Waals surface area contributed by atoms with Gasteiger partial charge in [0.05, 0.1) is 19.8 Å². The molecule has 0 aliphatic carbocycles. The first kappa shape index (κ1) is 6.35. The first-order valence-electron chi connectivity index (χ1n) is 3.01. The standard InChI is InChI=1S/C5H11N3O/c6-5-7-1-3-9-4-2-8-5/h1-4H2,(H3,6,7,8). The molecule has 1 heterocycles. The van der Waals surface area contributed by atoms with Gasteiger partial charge in [-0.3, -0.25) is 4.99 Å². The van der Waals surface area contributed by atoms with E-state index in [1.165, 1.54) is 0 Å². The normalized spacial score (nSPS) is 21.1. The molecule has 3 N–H and O–H groups in total. The van der Waals surface area contributed by atoms with Crippen molar-refractivity contribution in [3.63, 3.8) is 0 Å². The Labute approximate surface area is 54.1 Å². The summed E-state index contributed by atoms with van der Waals surface area (Å²) in [5, 5.41) is 2.89. The first-order valence-corrected chi connectivity index (χ1v) is 3.01. The van der Waals surface area contributed by atoms with Crippen molar-refractivity contribution in [3.05, 3.63) is 0 Å². The summed E-state index contributed by atoms with van der Waals surface area (Å²) in [6.45, 7) is 2.83. The number of nitrogens with one attached hydrogen (secondary N) is 1. The minimum absolute atomic E-state index is 0.526. The predicted octanol–water partition coefficient (Wildman–Crippen LogP) is -1.08. The average molecular weight is 129 g/mol. The molecular weight excluding hydrogens is 118 g/mol. The van der Waals surface area contributed by atoms with E-state index in [0.717, 1.165) is 13.2 Å². The van der Waals surface area contributed by atoms with Crippen LogP contribution in [0.2, 0.25) is 0 Å². The highest BCUT2D eigenvalue weighted by molar-refractivity contribution is 5.77. The summed E-state index contributed by atoms with van der Waals surface area (Å²) in [5.74, 6) is 0.526. The van der Waals surface area contributed by atoms with Crippen molar-refractivity contribution < 1.29 is 4.74 Å². The smallest absolute Gasteiger partial charge is 0.188 e. The van der Waals surface area contributed by atoms with Crippen LogP contribution in [0.15, 0.2) is 4.99 Å². The molecule has 0 aromatic carbocycles. The lowest BCUT2D eigenvalue weighted by atomic mass is 10.6. The Bertz CT molecular complexity index is 113. The zero-order chi connectivity index (χ0) is 6.53. The fourth-order valence-electron chi connectivity index (χ4n) is 0.640. The molecule has 0 saturated carbocycles. The number of nitrogens with zero attached hydrogens (tertiary/aromatic N) is 1.